The highest BCUT2D eigenvalue weighted by Gasteiger charge is 2.48. The highest BCUT2D eigenvalue weighted by molar-refractivity contribution is 5.53. The second kappa shape index (κ2) is 5.04. The van der Waals surface area contributed by atoms with Gasteiger partial charge in [0.1, 0.15) is 6.29 Å². The van der Waals surface area contributed by atoms with E-state index in [-0.39, 0.29) is 18.5 Å². The topological polar surface area (TPSA) is 39.2 Å². The van der Waals surface area contributed by atoms with Crippen LogP contribution in [0.25, 0.3) is 0 Å². The molecule has 1 spiro atoms. The maximum absolute atomic E-state index is 11.6. The average molecular weight is 267 g/mol. The lowest BCUT2D eigenvalue weighted by molar-refractivity contribution is -0.118. The quantitative estimate of drug-likeness (QED) is 0.790. The number of nitrogens with zero attached hydrogens (tertiary/aromatic N) is 1. The summed E-state index contributed by atoms with van der Waals surface area (Å²) in [6.45, 7) is -0.754. The van der Waals surface area contributed by atoms with Gasteiger partial charge in [0.2, 0.25) is 0 Å². The van der Waals surface area contributed by atoms with Crippen molar-refractivity contribution in [2.75, 3.05) is 6.61 Å². The number of ether oxygens (including phenoxy) is 1. The lowest BCUT2D eigenvalue weighted by Gasteiger charge is -2.45. The van der Waals surface area contributed by atoms with Crippen molar-refractivity contribution in [3.05, 3.63) is 30.1 Å². The molecule has 3 heteroatoms. The molecule has 2 fully saturated rings. The van der Waals surface area contributed by atoms with Crippen molar-refractivity contribution >= 4 is 6.29 Å². The molecule has 1 aromatic rings. The number of hydrogen-bond acceptors (Lipinski definition) is 3. The zero-order valence-electron chi connectivity index (χ0n) is 18.5. The molecule has 102 valence electrons. The fourth-order valence-electron chi connectivity index (χ4n) is 2.50. The van der Waals surface area contributed by atoms with Crippen molar-refractivity contribution in [2.45, 2.75) is 55.8 Å². The van der Waals surface area contributed by atoms with E-state index in [1.807, 2.05) is 0 Å². The Kier molecular flexibility index (Phi) is 1.72. The van der Waals surface area contributed by atoms with Gasteiger partial charge >= 0.3 is 0 Å². The fraction of sp³-hybridized carbons (Fsp3) is 0.625. The van der Waals surface area contributed by atoms with Gasteiger partial charge in [-0.1, -0.05) is 18.9 Å². The van der Waals surface area contributed by atoms with Crippen LogP contribution in [0.15, 0.2) is 24.4 Å². The van der Waals surface area contributed by atoms with E-state index in [1.165, 1.54) is 18.3 Å². The molecule has 2 heterocycles. The molecule has 1 unspecified atom stereocenters. The first-order valence-electron chi connectivity index (χ1n) is 10.3. The van der Waals surface area contributed by atoms with Crippen LogP contribution >= 0.6 is 0 Å². The second-order valence-electron chi connectivity index (χ2n) is 4.62. The van der Waals surface area contributed by atoms with Crippen LogP contribution in [0.2, 0.25) is 0 Å². The first-order chi connectivity index (χ1) is 12.3. The molecule has 0 radical (unpaired) electrons. The number of aromatic nitrogens is 1. The molecule has 19 heavy (non-hydrogen) atoms. The second-order valence-corrected chi connectivity index (χ2v) is 4.62. The molecule has 1 aliphatic carbocycles. The maximum Gasteiger partial charge on any atom is 0.120 e. The van der Waals surface area contributed by atoms with Crippen LogP contribution in [0.3, 0.4) is 0 Å². The lowest BCUT2D eigenvalue weighted by atomic mass is 9.68. The van der Waals surface area contributed by atoms with Crippen LogP contribution < -0.4 is 0 Å². The maximum atomic E-state index is 11.6. The molecule has 0 aromatic carbocycles. The van der Waals surface area contributed by atoms with Crippen LogP contribution in [-0.2, 0) is 14.9 Å². The third-order valence-corrected chi connectivity index (χ3v) is 3.42. The Morgan fingerprint density at radius 2 is 2.21 bits per heavy atom. The molecule has 2 aliphatic rings. The highest BCUT2D eigenvalue weighted by Crippen LogP contribution is 2.49. The fourth-order valence-corrected chi connectivity index (χ4v) is 2.50. The summed E-state index contributed by atoms with van der Waals surface area (Å²) >= 11 is 0. The Bertz CT molecular complexity index is 723. The Hall–Kier alpha value is -1.22. The van der Waals surface area contributed by atoms with Crippen LogP contribution in [0.5, 0.6) is 0 Å². The Balaban J connectivity index is 2.39. The van der Waals surface area contributed by atoms with Crippen molar-refractivity contribution in [1.82, 2.24) is 4.98 Å². The Morgan fingerprint density at radius 1 is 1.37 bits per heavy atom. The minimum Gasteiger partial charge on any atom is -0.375 e. The summed E-state index contributed by atoms with van der Waals surface area (Å²) in [5, 5.41) is 0. The van der Waals surface area contributed by atoms with Gasteiger partial charge in [0.05, 0.1) is 5.60 Å². The number of carbonyl (C=O) groups is 1. The predicted molar refractivity (Wildman–Crippen MR) is 73.0 cm³/mol. The van der Waals surface area contributed by atoms with Crippen molar-refractivity contribution in [3.8, 4) is 0 Å². The van der Waals surface area contributed by atoms with Gasteiger partial charge in [-0.05, 0) is 37.6 Å². The number of rotatable bonds is 3. The third kappa shape index (κ3) is 2.32. The number of hydrogen-bond donors (Lipinski definition) is 0. The van der Waals surface area contributed by atoms with Gasteiger partial charge in [0, 0.05) is 41.3 Å². The van der Waals surface area contributed by atoms with Gasteiger partial charge in [-0.15, -0.1) is 0 Å². The van der Waals surface area contributed by atoms with Gasteiger partial charge in [-0.25, -0.2) is 0 Å². The Labute approximate surface area is 125 Å². The monoisotopic (exact) mass is 267 g/mol. The summed E-state index contributed by atoms with van der Waals surface area (Å²) in [5.41, 5.74) is -4.86. The molecule has 1 aliphatic heterocycles. The number of carbonyl (C=O) groups excluding carboxylic acids is 1. The molecular weight excluding hydrogens is 238 g/mol. The highest BCUT2D eigenvalue weighted by atomic mass is 16.5. The normalized spacial score (nSPS) is 46.3. The van der Waals surface area contributed by atoms with E-state index in [0.29, 0.717) is 6.29 Å². The van der Waals surface area contributed by atoms with Gasteiger partial charge < -0.3 is 9.53 Å². The zero-order chi connectivity index (χ0) is 20.4. The summed E-state index contributed by atoms with van der Waals surface area (Å²) in [5.74, 6) is 0. The summed E-state index contributed by atoms with van der Waals surface area (Å²) in [6.07, 6.45) is -9.60. The molecule has 0 amide bonds. The first-order valence-corrected chi connectivity index (χ1v) is 6.32. The van der Waals surface area contributed by atoms with E-state index >= 15 is 0 Å². The number of aldehydes is 1. The summed E-state index contributed by atoms with van der Waals surface area (Å²) in [4.78, 5) is 15.7. The van der Waals surface area contributed by atoms with E-state index in [1.54, 1.807) is 6.07 Å². The smallest absolute Gasteiger partial charge is 0.120 e. The number of pyridine rings is 1. The third-order valence-electron chi connectivity index (χ3n) is 3.42. The van der Waals surface area contributed by atoms with E-state index < -0.39 is 49.5 Å². The molecule has 0 bridgehead atoms. The van der Waals surface area contributed by atoms with Gasteiger partial charge in [-0.2, -0.15) is 0 Å². The van der Waals surface area contributed by atoms with Crippen LogP contribution in [0.4, 0.5) is 0 Å². The molecule has 0 N–H and O–H groups in total. The average Bonchev–Trinajstić information content (AvgIpc) is 2.76. The van der Waals surface area contributed by atoms with E-state index in [2.05, 4.69) is 4.98 Å². The first kappa shape index (κ1) is 6.49. The standard InChI is InChI=1S/C16H21NO2/c18-11-8-15(14-5-1-4-10-17-14)9-12-19-16(13-15)6-2-3-7-16/h1,4-5,10-11H,2-3,6-9,12-13H2/i6D2,7D2,9D2,13D2. The van der Waals surface area contributed by atoms with Crippen LogP contribution in [0.1, 0.15) is 61.4 Å². The van der Waals surface area contributed by atoms with Crippen molar-refractivity contribution in [3.63, 3.8) is 0 Å². The van der Waals surface area contributed by atoms with Crippen molar-refractivity contribution < 1.29 is 20.5 Å². The summed E-state index contributed by atoms with van der Waals surface area (Å²) in [7, 11) is 0. The van der Waals surface area contributed by atoms with Gasteiger partial charge in [0.15, 0.2) is 0 Å². The molecule has 1 saturated carbocycles. The molecule has 3 rings (SSSR count). The zero-order valence-corrected chi connectivity index (χ0v) is 10.5. The van der Waals surface area contributed by atoms with Crippen LogP contribution in [0, 0.1) is 0 Å². The molecule has 3 nitrogen and oxygen atoms in total. The minimum absolute atomic E-state index is 0.0618. The molecule has 1 atom stereocenters. The lowest BCUT2D eigenvalue weighted by Crippen LogP contribution is -2.46. The van der Waals surface area contributed by atoms with Crippen molar-refractivity contribution in [2.24, 2.45) is 0 Å². The SMILES string of the molecule is [2H]C1([2H])COC2(C([2H])([2H])CCC2([2H])[2H])C([2H])([2H])C1(CC=O)c1ccccn1. The van der Waals surface area contributed by atoms with Crippen molar-refractivity contribution in [1.29, 1.82) is 0 Å². The van der Waals surface area contributed by atoms with Crippen LogP contribution in [-0.4, -0.2) is 23.5 Å². The Morgan fingerprint density at radius 3 is 2.89 bits per heavy atom. The molecular formula is C16H21NO2. The molecule has 1 saturated heterocycles. The van der Waals surface area contributed by atoms with E-state index in [4.69, 9.17) is 15.7 Å². The van der Waals surface area contributed by atoms with E-state index in [0.717, 1.165) is 0 Å². The summed E-state index contributed by atoms with van der Waals surface area (Å²) < 4.78 is 73.7. The van der Waals surface area contributed by atoms with Gasteiger partial charge in [-0.3, -0.25) is 4.98 Å². The largest absolute Gasteiger partial charge is 0.375 e. The summed E-state index contributed by atoms with van der Waals surface area (Å²) in [6, 6.07) is 4.48. The molecule has 1 aromatic heterocycles. The van der Waals surface area contributed by atoms with E-state index in [9.17, 15) is 4.79 Å². The van der Waals surface area contributed by atoms with Gasteiger partial charge in [0.25, 0.3) is 0 Å². The minimum atomic E-state index is -2.92. The predicted octanol–water partition coefficient (Wildman–Crippen LogP) is 3.03.